The van der Waals surface area contributed by atoms with Crippen molar-refractivity contribution < 1.29 is 14.3 Å². The molecule has 0 aromatic heterocycles. The minimum atomic E-state index is -0.350. The smallest absolute Gasteiger partial charge is 0.414 e. The third-order valence-corrected chi connectivity index (χ3v) is 6.27. The predicted molar refractivity (Wildman–Crippen MR) is 121 cm³/mol. The molecule has 2 aliphatic rings. The number of amides is 2. The lowest BCUT2D eigenvalue weighted by molar-refractivity contribution is -0.119. The van der Waals surface area contributed by atoms with E-state index < -0.39 is 0 Å². The van der Waals surface area contributed by atoms with Gasteiger partial charge in [0.2, 0.25) is 5.91 Å². The SMILES string of the molecule is CC(=O)NC[C@H]1CN(c2cc(C)c(C3CCN(Cc4ccccc4)C3)c(C)c2)C(=O)O1. The number of carbonyl (C=O) groups is 2. The molecule has 0 bridgehead atoms. The number of anilines is 1. The van der Waals surface area contributed by atoms with Crippen molar-refractivity contribution in [3.63, 3.8) is 0 Å². The van der Waals surface area contributed by atoms with Gasteiger partial charge in [-0.25, -0.2) is 4.79 Å². The van der Waals surface area contributed by atoms with Crippen molar-refractivity contribution in [1.29, 1.82) is 0 Å². The number of cyclic esters (lactones) is 1. The summed E-state index contributed by atoms with van der Waals surface area (Å²) in [6.07, 6.45) is 0.480. The van der Waals surface area contributed by atoms with E-state index in [4.69, 9.17) is 4.74 Å². The van der Waals surface area contributed by atoms with Crippen molar-refractivity contribution in [3.8, 4) is 0 Å². The van der Waals surface area contributed by atoms with Crippen LogP contribution in [-0.4, -0.2) is 49.2 Å². The van der Waals surface area contributed by atoms with Gasteiger partial charge >= 0.3 is 6.09 Å². The fourth-order valence-electron chi connectivity index (χ4n) is 4.90. The topological polar surface area (TPSA) is 61.9 Å². The van der Waals surface area contributed by atoms with Crippen molar-refractivity contribution in [3.05, 3.63) is 64.7 Å². The molecule has 2 saturated heterocycles. The van der Waals surface area contributed by atoms with E-state index in [9.17, 15) is 9.59 Å². The number of nitrogens with zero attached hydrogens (tertiary/aromatic N) is 2. The quantitative estimate of drug-likeness (QED) is 0.772. The highest BCUT2D eigenvalue weighted by molar-refractivity contribution is 5.90. The molecule has 2 amide bonds. The van der Waals surface area contributed by atoms with Crippen LogP contribution in [0.1, 0.15) is 41.5 Å². The second-order valence-corrected chi connectivity index (χ2v) is 8.75. The fourth-order valence-corrected chi connectivity index (χ4v) is 4.90. The highest BCUT2D eigenvalue weighted by atomic mass is 16.6. The largest absolute Gasteiger partial charge is 0.442 e. The molecule has 6 heteroatoms. The second-order valence-electron chi connectivity index (χ2n) is 8.75. The molecule has 1 N–H and O–H groups in total. The molecule has 164 valence electrons. The maximum Gasteiger partial charge on any atom is 0.414 e. The summed E-state index contributed by atoms with van der Waals surface area (Å²) < 4.78 is 5.42. The molecule has 0 saturated carbocycles. The van der Waals surface area contributed by atoms with Gasteiger partial charge in [0.25, 0.3) is 0 Å². The Bertz CT molecular complexity index is 937. The average Bonchev–Trinajstić information content (AvgIpc) is 3.33. The predicted octanol–water partition coefficient (Wildman–Crippen LogP) is 3.75. The number of hydrogen-bond donors (Lipinski definition) is 1. The van der Waals surface area contributed by atoms with Crippen LogP contribution in [0.25, 0.3) is 0 Å². The summed E-state index contributed by atoms with van der Waals surface area (Å²) in [7, 11) is 0. The first-order valence-corrected chi connectivity index (χ1v) is 11.0. The number of benzene rings is 2. The summed E-state index contributed by atoms with van der Waals surface area (Å²) in [4.78, 5) is 27.7. The lowest BCUT2D eigenvalue weighted by atomic mass is 9.89. The average molecular weight is 422 g/mol. The standard InChI is InChI=1S/C25H31N3O3/c1-17-11-22(28-16-23(31-25(28)30)13-26-19(3)29)12-18(2)24(17)21-9-10-27(15-21)14-20-7-5-4-6-8-20/h4-8,11-12,21,23H,9-10,13-16H2,1-3H3,(H,26,29)/t21?,23-/m0/s1. The number of likely N-dealkylation sites (tertiary alicyclic amines) is 1. The number of ether oxygens (including phenoxy) is 1. The first-order chi connectivity index (χ1) is 14.9. The van der Waals surface area contributed by atoms with Crippen LogP contribution in [0.4, 0.5) is 10.5 Å². The number of aryl methyl sites for hydroxylation is 2. The molecule has 0 aliphatic carbocycles. The van der Waals surface area contributed by atoms with E-state index >= 15 is 0 Å². The molecule has 2 aliphatic heterocycles. The zero-order valence-electron chi connectivity index (χ0n) is 18.6. The van der Waals surface area contributed by atoms with Gasteiger partial charge in [0.15, 0.2) is 0 Å². The highest BCUT2D eigenvalue weighted by Crippen LogP contribution is 2.35. The molecule has 6 nitrogen and oxygen atoms in total. The molecule has 2 aromatic rings. The van der Waals surface area contributed by atoms with Crippen molar-refractivity contribution in [2.24, 2.45) is 0 Å². The number of rotatable bonds is 6. The molecule has 1 unspecified atom stereocenters. The van der Waals surface area contributed by atoms with Gasteiger partial charge in [-0.05, 0) is 67.1 Å². The highest BCUT2D eigenvalue weighted by Gasteiger charge is 2.33. The van der Waals surface area contributed by atoms with E-state index in [1.165, 1.54) is 29.2 Å². The van der Waals surface area contributed by atoms with E-state index in [1.54, 1.807) is 4.90 Å². The normalized spacial score (nSPS) is 21.4. The Morgan fingerprint density at radius 3 is 2.52 bits per heavy atom. The van der Waals surface area contributed by atoms with Crippen LogP contribution < -0.4 is 10.2 Å². The fraction of sp³-hybridized carbons (Fsp3) is 0.440. The Balaban J connectivity index is 1.44. The van der Waals surface area contributed by atoms with Gasteiger partial charge in [0.05, 0.1) is 13.1 Å². The van der Waals surface area contributed by atoms with Crippen molar-refractivity contribution >= 4 is 17.7 Å². The van der Waals surface area contributed by atoms with Crippen LogP contribution in [-0.2, 0) is 16.1 Å². The second kappa shape index (κ2) is 9.10. The van der Waals surface area contributed by atoms with Crippen molar-refractivity contribution in [2.75, 3.05) is 31.1 Å². The Labute approximate surface area is 184 Å². The Kier molecular flexibility index (Phi) is 6.28. The van der Waals surface area contributed by atoms with Gasteiger partial charge in [-0.2, -0.15) is 0 Å². The molecule has 0 radical (unpaired) electrons. The molecule has 2 fully saturated rings. The first kappa shape index (κ1) is 21.4. The summed E-state index contributed by atoms with van der Waals surface area (Å²) in [5.74, 6) is 0.388. The summed E-state index contributed by atoms with van der Waals surface area (Å²) in [6.45, 7) is 9.68. The lowest BCUT2D eigenvalue weighted by Crippen LogP contribution is -2.33. The van der Waals surface area contributed by atoms with Gasteiger partial charge in [0, 0.05) is 25.7 Å². The van der Waals surface area contributed by atoms with Crippen LogP contribution in [0, 0.1) is 13.8 Å². The lowest BCUT2D eigenvalue weighted by Gasteiger charge is -2.22. The van der Waals surface area contributed by atoms with E-state index in [0.717, 1.165) is 31.7 Å². The molecule has 31 heavy (non-hydrogen) atoms. The van der Waals surface area contributed by atoms with Gasteiger partial charge < -0.3 is 10.1 Å². The zero-order chi connectivity index (χ0) is 22.0. The van der Waals surface area contributed by atoms with E-state index in [-0.39, 0.29) is 18.1 Å². The summed E-state index contributed by atoms with van der Waals surface area (Å²) in [6, 6.07) is 14.8. The zero-order valence-corrected chi connectivity index (χ0v) is 18.6. The molecule has 2 atom stereocenters. The minimum absolute atomic E-state index is 0.122. The number of carbonyl (C=O) groups excluding carboxylic acids is 2. The maximum absolute atomic E-state index is 12.4. The van der Waals surface area contributed by atoms with E-state index in [2.05, 4.69) is 66.5 Å². The molecule has 2 heterocycles. The van der Waals surface area contributed by atoms with Crippen LogP contribution in [0.15, 0.2) is 42.5 Å². The Morgan fingerprint density at radius 2 is 1.84 bits per heavy atom. The van der Waals surface area contributed by atoms with Crippen LogP contribution in [0.2, 0.25) is 0 Å². The van der Waals surface area contributed by atoms with E-state index in [1.807, 2.05) is 0 Å². The Hall–Kier alpha value is -2.86. The molecule has 2 aromatic carbocycles. The van der Waals surface area contributed by atoms with Crippen LogP contribution in [0.3, 0.4) is 0 Å². The van der Waals surface area contributed by atoms with Crippen LogP contribution >= 0.6 is 0 Å². The molecule has 4 rings (SSSR count). The maximum atomic E-state index is 12.4. The molecule has 0 spiro atoms. The van der Waals surface area contributed by atoms with Crippen molar-refractivity contribution in [1.82, 2.24) is 10.2 Å². The third kappa shape index (κ3) is 4.90. The van der Waals surface area contributed by atoms with Crippen LogP contribution in [0.5, 0.6) is 0 Å². The van der Waals surface area contributed by atoms with Crippen molar-refractivity contribution in [2.45, 2.75) is 45.8 Å². The molecular weight excluding hydrogens is 390 g/mol. The van der Waals surface area contributed by atoms with E-state index in [0.29, 0.717) is 19.0 Å². The van der Waals surface area contributed by atoms with Gasteiger partial charge in [-0.15, -0.1) is 0 Å². The monoisotopic (exact) mass is 421 g/mol. The number of hydrogen-bond acceptors (Lipinski definition) is 4. The summed E-state index contributed by atoms with van der Waals surface area (Å²) in [5, 5.41) is 2.72. The minimum Gasteiger partial charge on any atom is -0.442 e. The molecular formula is C25H31N3O3. The number of nitrogens with one attached hydrogen (secondary N) is 1. The van der Waals surface area contributed by atoms with Gasteiger partial charge in [-0.3, -0.25) is 14.6 Å². The first-order valence-electron chi connectivity index (χ1n) is 11.0. The van der Waals surface area contributed by atoms with Gasteiger partial charge in [0.1, 0.15) is 6.10 Å². The summed E-state index contributed by atoms with van der Waals surface area (Å²) in [5.41, 5.74) is 6.07. The van der Waals surface area contributed by atoms with Gasteiger partial charge in [-0.1, -0.05) is 30.3 Å². The Morgan fingerprint density at radius 1 is 1.13 bits per heavy atom. The third-order valence-electron chi connectivity index (χ3n) is 6.27. The summed E-state index contributed by atoms with van der Waals surface area (Å²) >= 11 is 0.